The molecule has 2 aliphatic rings. The summed E-state index contributed by atoms with van der Waals surface area (Å²) in [5.41, 5.74) is 2.22. The molecule has 110 valence electrons. The summed E-state index contributed by atoms with van der Waals surface area (Å²) < 4.78 is 1.91. The Morgan fingerprint density at radius 3 is 2.50 bits per heavy atom. The van der Waals surface area contributed by atoms with Gasteiger partial charge in [-0.15, -0.1) is 5.10 Å². The molecule has 3 rings (SSSR count). The van der Waals surface area contributed by atoms with Crippen LogP contribution < -0.4 is 0 Å². The van der Waals surface area contributed by atoms with E-state index >= 15 is 0 Å². The fraction of sp³-hybridized carbons (Fsp3) is 0.857. The Kier molecular flexibility index (Phi) is 3.48. The highest BCUT2D eigenvalue weighted by Crippen LogP contribution is 2.45. The van der Waals surface area contributed by atoms with Crippen LogP contribution in [0.5, 0.6) is 0 Å². The molecular weight excluding hydrogens is 256 g/mol. The highest BCUT2D eigenvalue weighted by Gasteiger charge is 2.45. The Labute approximate surface area is 118 Å². The van der Waals surface area contributed by atoms with Gasteiger partial charge in [0.15, 0.2) is 0 Å². The fourth-order valence-corrected chi connectivity index (χ4v) is 3.21. The maximum Gasteiger partial charge on any atom is 0.235 e. The van der Waals surface area contributed by atoms with Gasteiger partial charge < -0.3 is 0 Å². The van der Waals surface area contributed by atoms with Crippen LogP contribution in [0.25, 0.3) is 0 Å². The molecule has 0 aromatic carbocycles. The number of hydrogen-bond donors (Lipinski definition) is 0. The molecule has 2 unspecified atom stereocenters. The van der Waals surface area contributed by atoms with Crippen molar-refractivity contribution in [1.82, 2.24) is 15.0 Å². The van der Waals surface area contributed by atoms with Crippen molar-refractivity contribution in [1.29, 1.82) is 0 Å². The molecule has 6 nitrogen and oxygen atoms in total. The van der Waals surface area contributed by atoms with Gasteiger partial charge in [0.2, 0.25) is 6.04 Å². The van der Waals surface area contributed by atoms with Gasteiger partial charge in [-0.3, -0.25) is 10.1 Å². The van der Waals surface area contributed by atoms with Crippen LogP contribution in [-0.4, -0.2) is 26.0 Å². The fourth-order valence-electron chi connectivity index (χ4n) is 3.21. The first-order valence-electron chi connectivity index (χ1n) is 7.74. The van der Waals surface area contributed by atoms with Crippen LogP contribution in [0.15, 0.2) is 0 Å². The second-order valence-corrected chi connectivity index (χ2v) is 6.08. The molecule has 1 aromatic heterocycles. The number of hydrogen-bond acceptors (Lipinski definition) is 4. The van der Waals surface area contributed by atoms with E-state index in [1.165, 1.54) is 12.8 Å². The highest BCUT2D eigenvalue weighted by molar-refractivity contribution is 5.21. The molecule has 2 saturated carbocycles. The highest BCUT2D eigenvalue weighted by atomic mass is 16.6. The van der Waals surface area contributed by atoms with Crippen molar-refractivity contribution in [2.45, 2.75) is 70.4 Å². The molecular formula is C14H22N4O2. The molecule has 20 heavy (non-hydrogen) atoms. The van der Waals surface area contributed by atoms with E-state index in [-0.39, 0.29) is 11.0 Å². The molecule has 0 saturated heterocycles. The van der Waals surface area contributed by atoms with Crippen molar-refractivity contribution < 1.29 is 4.92 Å². The van der Waals surface area contributed by atoms with Gasteiger partial charge in [-0.2, -0.15) is 0 Å². The molecule has 0 N–H and O–H groups in total. The average Bonchev–Trinajstić information content (AvgIpc) is 3.32. The maximum absolute atomic E-state index is 11.4. The molecule has 0 amide bonds. The second-order valence-electron chi connectivity index (χ2n) is 6.08. The quantitative estimate of drug-likeness (QED) is 0.567. The summed E-state index contributed by atoms with van der Waals surface area (Å²) in [6, 6.07) is -0.647. The van der Waals surface area contributed by atoms with E-state index in [1.807, 2.05) is 11.6 Å². The lowest BCUT2D eigenvalue weighted by atomic mass is 10.0. The Morgan fingerprint density at radius 2 is 2.05 bits per heavy atom. The maximum atomic E-state index is 11.4. The largest absolute Gasteiger partial charge is 0.264 e. The summed E-state index contributed by atoms with van der Waals surface area (Å²) >= 11 is 0. The molecule has 1 aromatic rings. The molecule has 1 heterocycles. The first-order valence-corrected chi connectivity index (χ1v) is 7.74. The van der Waals surface area contributed by atoms with Gasteiger partial charge in [-0.25, -0.2) is 4.68 Å². The van der Waals surface area contributed by atoms with Crippen molar-refractivity contribution in [2.24, 2.45) is 5.92 Å². The Morgan fingerprint density at radius 1 is 1.35 bits per heavy atom. The second kappa shape index (κ2) is 5.14. The Hall–Kier alpha value is -1.46. The van der Waals surface area contributed by atoms with Gasteiger partial charge in [-0.1, -0.05) is 19.1 Å². The van der Waals surface area contributed by atoms with E-state index in [0.29, 0.717) is 18.3 Å². The van der Waals surface area contributed by atoms with Gasteiger partial charge in [0.1, 0.15) is 6.04 Å². The molecule has 0 bridgehead atoms. The van der Waals surface area contributed by atoms with E-state index in [2.05, 4.69) is 17.2 Å². The lowest BCUT2D eigenvalue weighted by molar-refractivity contribution is -0.531. The predicted octanol–water partition coefficient (Wildman–Crippen LogP) is 2.72. The minimum atomic E-state index is -0.540. The number of nitrogens with zero attached hydrogens (tertiary/aromatic N) is 4. The number of rotatable bonds is 7. The lowest BCUT2D eigenvalue weighted by Crippen LogP contribution is -2.34. The summed E-state index contributed by atoms with van der Waals surface area (Å²) in [5.74, 6) is 0.957. The molecule has 2 atom stereocenters. The van der Waals surface area contributed by atoms with Gasteiger partial charge in [-0.05, 0) is 38.0 Å². The molecule has 6 heteroatoms. The van der Waals surface area contributed by atoms with Crippen molar-refractivity contribution in [3.8, 4) is 0 Å². The van der Waals surface area contributed by atoms with Crippen LogP contribution in [0.2, 0.25) is 0 Å². The van der Waals surface area contributed by atoms with Crippen molar-refractivity contribution in [3.05, 3.63) is 21.5 Å². The van der Waals surface area contributed by atoms with E-state index in [1.54, 1.807) is 0 Å². The van der Waals surface area contributed by atoms with Crippen molar-refractivity contribution >= 4 is 0 Å². The van der Waals surface area contributed by atoms with Crippen molar-refractivity contribution in [3.63, 3.8) is 0 Å². The Bertz CT molecular complexity index is 505. The predicted molar refractivity (Wildman–Crippen MR) is 74.2 cm³/mol. The summed E-state index contributed by atoms with van der Waals surface area (Å²) in [6.45, 7) is 3.99. The van der Waals surface area contributed by atoms with E-state index in [0.717, 1.165) is 30.7 Å². The zero-order chi connectivity index (χ0) is 14.3. The third kappa shape index (κ3) is 2.31. The average molecular weight is 278 g/mol. The summed E-state index contributed by atoms with van der Waals surface area (Å²) in [7, 11) is 0. The smallest absolute Gasteiger partial charge is 0.235 e. The third-order valence-corrected chi connectivity index (χ3v) is 4.59. The standard InChI is InChI=1S/C14H22N4O2/c1-3-11-13(9-5-6-9)15-16-17(11)14(10-7-8-10)12(4-2)18(19)20/h9-10,12,14H,3-8H2,1-2H3. The summed E-state index contributed by atoms with van der Waals surface area (Å²) in [5, 5.41) is 20.0. The van der Waals surface area contributed by atoms with E-state index in [4.69, 9.17) is 0 Å². The first kappa shape index (κ1) is 13.5. The normalized spacial score (nSPS) is 21.7. The van der Waals surface area contributed by atoms with Crippen LogP contribution in [-0.2, 0) is 6.42 Å². The Balaban J connectivity index is 1.96. The first-order chi connectivity index (χ1) is 9.67. The minimum absolute atomic E-state index is 0.107. The number of nitro groups is 1. The van der Waals surface area contributed by atoms with Crippen LogP contribution >= 0.6 is 0 Å². The van der Waals surface area contributed by atoms with Gasteiger partial charge >= 0.3 is 0 Å². The zero-order valence-corrected chi connectivity index (χ0v) is 12.2. The van der Waals surface area contributed by atoms with Crippen LogP contribution in [0, 0.1) is 16.0 Å². The van der Waals surface area contributed by atoms with E-state index < -0.39 is 6.04 Å². The van der Waals surface area contributed by atoms with Gasteiger partial charge in [0, 0.05) is 17.3 Å². The minimum Gasteiger partial charge on any atom is -0.264 e. The molecule has 0 radical (unpaired) electrons. The molecule has 2 fully saturated rings. The zero-order valence-electron chi connectivity index (χ0n) is 12.2. The van der Waals surface area contributed by atoms with E-state index in [9.17, 15) is 10.1 Å². The summed E-state index contributed by atoms with van der Waals surface area (Å²) in [4.78, 5) is 11.3. The topological polar surface area (TPSA) is 73.8 Å². The monoisotopic (exact) mass is 278 g/mol. The SMILES string of the molecule is CCc1c(C2CC2)nnn1C(C1CC1)C(CC)[N+](=O)[O-]. The van der Waals surface area contributed by atoms with Crippen LogP contribution in [0.4, 0.5) is 0 Å². The van der Waals surface area contributed by atoms with Crippen molar-refractivity contribution in [2.75, 3.05) is 0 Å². The summed E-state index contributed by atoms with van der Waals surface area (Å²) in [6.07, 6.45) is 5.94. The molecule has 0 spiro atoms. The van der Waals surface area contributed by atoms with Gasteiger partial charge in [0.05, 0.1) is 11.4 Å². The lowest BCUT2D eigenvalue weighted by Gasteiger charge is -2.21. The molecule has 0 aliphatic heterocycles. The number of aromatic nitrogens is 3. The molecule has 2 aliphatic carbocycles. The van der Waals surface area contributed by atoms with Crippen LogP contribution in [0.3, 0.4) is 0 Å². The van der Waals surface area contributed by atoms with Crippen LogP contribution in [0.1, 0.15) is 69.3 Å². The van der Waals surface area contributed by atoms with Gasteiger partial charge in [0.25, 0.3) is 0 Å². The third-order valence-electron chi connectivity index (χ3n) is 4.59.